The molecule has 7 nitrogen and oxygen atoms in total. The van der Waals surface area contributed by atoms with E-state index in [0.29, 0.717) is 23.4 Å². The van der Waals surface area contributed by atoms with Gasteiger partial charge in [0.1, 0.15) is 18.3 Å². The van der Waals surface area contributed by atoms with Gasteiger partial charge in [-0.3, -0.25) is 19.3 Å². The zero-order valence-electron chi connectivity index (χ0n) is 16.5. The summed E-state index contributed by atoms with van der Waals surface area (Å²) in [6.07, 6.45) is 0.596. The molecule has 1 unspecified atom stereocenters. The lowest BCUT2D eigenvalue weighted by atomic mass is 10.1. The number of esters is 1. The number of rotatable bonds is 5. The largest absolute Gasteiger partial charge is 0.465 e. The maximum atomic E-state index is 13.4. The van der Waals surface area contributed by atoms with E-state index in [9.17, 15) is 18.0 Å². The zero-order chi connectivity index (χ0) is 22.0. The van der Waals surface area contributed by atoms with E-state index in [4.69, 9.17) is 4.74 Å². The van der Waals surface area contributed by atoms with E-state index in [2.05, 4.69) is 20.2 Å². The number of alkyl halides is 3. The molecule has 3 aromatic rings. The fourth-order valence-corrected chi connectivity index (χ4v) is 3.30. The summed E-state index contributed by atoms with van der Waals surface area (Å²) in [7, 11) is 0. The minimum atomic E-state index is -4.53. The molecule has 4 rings (SSSR count). The Balaban J connectivity index is 1.87. The second-order valence-corrected chi connectivity index (χ2v) is 6.95. The maximum Gasteiger partial charge on any atom is 0.416 e. The number of hydrogen-bond donors (Lipinski definition) is 0. The molecule has 1 aromatic carbocycles. The molecule has 160 valence electrons. The fourth-order valence-electron chi connectivity index (χ4n) is 3.30. The van der Waals surface area contributed by atoms with Gasteiger partial charge in [-0.1, -0.05) is 19.1 Å². The van der Waals surface area contributed by atoms with E-state index in [0.717, 1.165) is 12.1 Å². The molecule has 0 saturated carbocycles. The highest BCUT2D eigenvalue weighted by Gasteiger charge is 2.33. The summed E-state index contributed by atoms with van der Waals surface area (Å²) in [5, 5.41) is 8.27. The normalized spacial score (nSPS) is 15.2. The van der Waals surface area contributed by atoms with Crippen molar-refractivity contribution in [1.29, 1.82) is 0 Å². The summed E-state index contributed by atoms with van der Waals surface area (Å²) in [4.78, 5) is 20.8. The molecular formula is C21H18F3N5O2. The lowest BCUT2D eigenvalue weighted by Gasteiger charge is -2.15. The van der Waals surface area contributed by atoms with Crippen molar-refractivity contribution in [3.63, 3.8) is 0 Å². The van der Waals surface area contributed by atoms with Crippen molar-refractivity contribution < 1.29 is 22.7 Å². The molecule has 0 fully saturated rings. The van der Waals surface area contributed by atoms with Crippen molar-refractivity contribution in [2.45, 2.75) is 32.0 Å². The summed E-state index contributed by atoms with van der Waals surface area (Å²) >= 11 is 0. The quantitative estimate of drug-likeness (QED) is 0.578. The molecule has 0 radical (unpaired) electrons. The van der Waals surface area contributed by atoms with E-state index >= 15 is 0 Å². The van der Waals surface area contributed by atoms with Gasteiger partial charge in [0.15, 0.2) is 5.82 Å². The van der Waals surface area contributed by atoms with Gasteiger partial charge in [0.05, 0.1) is 17.9 Å². The Hall–Kier alpha value is -3.56. The van der Waals surface area contributed by atoms with E-state index in [1.54, 1.807) is 24.5 Å². The number of pyridine rings is 1. The average Bonchev–Trinajstić information content (AvgIpc) is 3.07. The van der Waals surface area contributed by atoms with Crippen LogP contribution in [0.3, 0.4) is 0 Å². The van der Waals surface area contributed by atoms with Crippen molar-refractivity contribution in [2.24, 2.45) is 4.99 Å². The van der Waals surface area contributed by atoms with Crippen LogP contribution in [-0.2, 0) is 22.1 Å². The highest BCUT2D eigenvalue weighted by Crippen LogP contribution is 2.35. The van der Waals surface area contributed by atoms with E-state index in [-0.39, 0.29) is 24.5 Å². The lowest BCUT2D eigenvalue weighted by molar-refractivity contribution is -0.143. The highest BCUT2D eigenvalue weighted by molar-refractivity contribution is 5.86. The highest BCUT2D eigenvalue weighted by atomic mass is 19.4. The SMILES string of the molecule is CCCOC(=O)Cc1nnc2n1-c1cc(C(F)(F)F)ccc1C=NC2c1cccnc1. The van der Waals surface area contributed by atoms with Crippen LogP contribution in [0.2, 0.25) is 0 Å². The van der Waals surface area contributed by atoms with Crippen molar-refractivity contribution in [3.05, 3.63) is 71.1 Å². The van der Waals surface area contributed by atoms with Crippen LogP contribution in [-0.4, -0.2) is 38.5 Å². The summed E-state index contributed by atoms with van der Waals surface area (Å²) in [6, 6.07) is 6.23. The third-order valence-electron chi connectivity index (χ3n) is 4.73. The number of fused-ring (bicyclic) bond motifs is 3. The molecule has 3 heterocycles. The summed E-state index contributed by atoms with van der Waals surface area (Å²) in [5.41, 5.74) is 0.516. The van der Waals surface area contributed by atoms with Gasteiger partial charge in [0, 0.05) is 29.7 Å². The minimum absolute atomic E-state index is 0.177. The Kier molecular flexibility index (Phi) is 5.53. The Morgan fingerprint density at radius 1 is 1.23 bits per heavy atom. The molecule has 1 aliphatic rings. The maximum absolute atomic E-state index is 13.4. The molecular weight excluding hydrogens is 411 g/mol. The van der Waals surface area contributed by atoms with Crippen LogP contribution in [0.15, 0.2) is 47.7 Å². The van der Waals surface area contributed by atoms with Gasteiger partial charge in [-0.2, -0.15) is 13.2 Å². The van der Waals surface area contributed by atoms with Crippen LogP contribution in [0, 0.1) is 0 Å². The minimum Gasteiger partial charge on any atom is -0.465 e. The van der Waals surface area contributed by atoms with E-state index in [1.165, 1.54) is 16.8 Å². The number of nitrogens with zero attached hydrogens (tertiary/aromatic N) is 5. The monoisotopic (exact) mass is 429 g/mol. The topological polar surface area (TPSA) is 82.3 Å². The number of carbonyl (C=O) groups is 1. The Labute approximate surface area is 175 Å². The standard InChI is InChI=1S/C21H18F3N5O2/c1-2-8-31-18(30)10-17-27-28-20-19(14-4-3-7-25-11-14)26-12-13-5-6-15(21(22,23)24)9-16(13)29(17)20/h3-7,9,11-12,19H,2,8,10H2,1H3. The van der Waals surface area contributed by atoms with Crippen LogP contribution in [0.4, 0.5) is 13.2 Å². The van der Waals surface area contributed by atoms with Crippen molar-refractivity contribution in [3.8, 4) is 5.69 Å². The molecule has 31 heavy (non-hydrogen) atoms. The van der Waals surface area contributed by atoms with Gasteiger partial charge in [-0.25, -0.2) is 0 Å². The first-order valence-electron chi connectivity index (χ1n) is 9.63. The first-order valence-corrected chi connectivity index (χ1v) is 9.63. The molecule has 0 aliphatic carbocycles. The summed E-state index contributed by atoms with van der Waals surface area (Å²) in [6.45, 7) is 2.11. The van der Waals surface area contributed by atoms with Gasteiger partial charge in [0.25, 0.3) is 0 Å². The predicted molar refractivity (Wildman–Crippen MR) is 105 cm³/mol. The molecule has 10 heteroatoms. The van der Waals surface area contributed by atoms with Gasteiger partial charge in [-0.05, 0) is 24.6 Å². The number of benzene rings is 1. The third-order valence-corrected chi connectivity index (χ3v) is 4.73. The number of carbonyl (C=O) groups excluding carboxylic acids is 1. The number of aromatic nitrogens is 4. The van der Waals surface area contributed by atoms with Crippen LogP contribution in [0.25, 0.3) is 5.69 Å². The third kappa shape index (κ3) is 4.18. The Morgan fingerprint density at radius 3 is 2.77 bits per heavy atom. The molecule has 2 aromatic heterocycles. The second-order valence-electron chi connectivity index (χ2n) is 6.95. The van der Waals surface area contributed by atoms with E-state index < -0.39 is 23.8 Å². The predicted octanol–water partition coefficient (Wildman–Crippen LogP) is 3.70. The Bertz CT molecular complexity index is 1130. The van der Waals surface area contributed by atoms with Gasteiger partial charge >= 0.3 is 12.1 Å². The average molecular weight is 429 g/mol. The van der Waals surface area contributed by atoms with E-state index in [1.807, 2.05) is 6.92 Å². The molecule has 0 amide bonds. The Morgan fingerprint density at radius 2 is 2.06 bits per heavy atom. The van der Waals surface area contributed by atoms with Gasteiger partial charge in [0.2, 0.25) is 0 Å². The van der Waals surface area contributed by atoms with Crippen LogP contribution >= 0.6 is 0 Å². The second kappa shape index (κ2) is 8.29. The number of ether oxygens (including phenoxy) is 1. The number of aliphatic imine (C=N–C) groups is 1. The van der Waals surface area contributed by atoms with Crippen molar-refractivity contribution in [1.82, 2.24) is 19.7 Å². The van der Waals surface area contributed by atoms with Crippen molar-refractivity contribution >= 4 is 12.2 Å². The van der Waals surface area contributed by atoms with Gasteiger partial charge in [-0.15, -0.1) is 10.2 Å². The fraction of sp³-hybridized carbons (Fsp3) is 0.286. The van der Waals surface area contributed by atoms with Crippen LogP contribution in [0.1, 0.15) is 47.7 Å². The van der Waals surface area contributed by atoms with Crippen molar-refractivity contribution in [2.75, 3.05) is 6.61 Å². The number of hydrogen-bond acceptors (Lipinski definition) is 6. The first kappa shape index (κ1) is 20.7. The molecule has 0 spiro atoms. The molecule has 0 N–H and O–H groups in total. The summed E-state index contributed by atoms with van der Waals surface area (Å²) in [5.74, 6) is -0.0645. The first-order chi connectivity index (χ1) is 14.9. The molecule has 0 bridgehead atoms. The molecule has 0 saturated heterocycles. The lowest BCUT2D eigenvalue weighted by Crippen LogP contribution is -2.16. The number of halogens is 3. The molecule has 1 aliphatic heterocycles. The van der Waals surface area contributed by atoms with Crippen LogP contribution in [0.5, 0.6) is 0 Å². The van der Waals surface area contributed by atoms with Crippen LogP contribution < -0.4 is 0 Å². The molecule has 1 atom stereocenters. The van der Waals surface area contributed by atoms with Gasteiger partial charge < -0.3 is 4.74 Å². The summed E-state index contributed by atoms with van der Waals surface area (Å²) < 4.78 is 46.8. The zero-order valence-corrected chi connectivity index (χ0v) is 16.5. The smallest absolute Gasteiger partial charge is 0.416 e.